The van der Waals surface area contributed by atoms with Gasteiger partial charge in [-0.05, 0) is 12.5 Å². The molecule has 0 saturated heterocycles. The number of hydrogen-bond acceptors (Lipinski definition) is 4. The number of rotatable bonds is 3. The summed E-state index contributed by atoms with van der Waals surface area (Å²) in [6.07, 6.45) is -1.87. The van der Waals surface area contributed by atoms with Crippen molar-refractivity contribution in [1.29, 1.82) is 0 Å². The van der Waals surface area contributed by atoms with E-state index in [2.05, 4.69) is 4.98 Å². The van der Waals surface area contributed by atoms with E-state index in [1.807, 2.05) is 0 Å². The van der Waals surface area contributed by atoms with Crippen LogP contribution in [0.3, 0.4) is 0 Å². The first-order chi connectivity index (χ1) is 6.93. The lowest BCUT2D eigenvalue weighted by molar-refractivity contribution is -0.132. The summed E-state index contributed by atoms with van der Waals surface area (Å²) in [5.41, 5.74) is 5.25. The van der Waals surface area contributed by atoms with Gasteiger partial charge >= 0.3 is 0 Å². The number of aromatic amines is 1. The lowest BCUT2D eigenvalue weighted by Gasteiger charge is -2.16. The van der Waals surface area contributed by atoms with Crippen molar-refractivity contribution in [2.24, 2.45) is 5.73 Å². The molecule has 0 aliphatic rings. The average molecular weight is 212 g/mol. The molecule has 1 aromatic heterocycles. The molecule has 1 heterocycles. The first kappa shape index (κ1) is 11.4. The summed E-state index contributed by atoms with van der Waals surface area (Å²) < 4.78 is 0. The number of carbonyl (C=O) groups is 1. The van der Waals surface area contributed by atoms with Crippen LogP contribution in [0.5, 0.6) is 0 Å². The average Bonchev–Trinajstić information content (AvgIpc) is 2.15. The minimum absolute atomic E-state index is 0.265. The number of amides is 1. The molecule has 82 valence electrons. The number of aliphatic hydroxyl groups excluding tert-OH is 2. The van der Waals surface area contributed by atoms with Gasteiger partial charge in [0.15, 0.2) is 6.10 Å². The van der Waals surface area contributed by atoms with Crippen LogP contribution in [0, 0.1) is 6.92 Å². The molecule has 1 amide bonds. The van der Waals surface area contributed by atoms with Gasteiger partial charge in [0, 0.05) is 17.8 Å². The second-order valence-electron chi connectivity index (χ2n) is 3.23. The molecule has 0 fully saturated rings. The maximum Gasteiger partial charge on any atom is 0.249 e. The third-order valence-corrected chi connectivity index (χ3v) is 2.08. The van der Waals surface area contributed by atoms with Crippen molar-refractivity contribution in [2.45, 2.75) is 19.1 Å². The van der Waals surface area contributed by atoms with E-state index >= 15 is 0 Å². The molecular weight excluding hydrogens is 200 g/mol. The van der Waals surface area contributed by atoms with E-state index in [-0.39, 0.29) is 11.1 Å². The third-order valence-electron chi connectivity index (χ3n) is 2.08. The van der Waals surface area contributed by atoms with Gasteiger partial charge in [-0.1, -0.05) is 0 Å². The number of pyridine rings is 1. The topological polar surface area (TPSA) is 116 Å². The lowest BCUT2D eigenvalue weighted by atomic mass is 10.0. The maximum atomic E-state index is 10.9. The van der Waals surface area contributed by atoms with Gasteiger partial charge in [-0.3, -0.25) is 9.59 Å². The van der Waals surface area contributed by atoms with Crippen molar-refractivity contribution >= 4 is 5.91 Å². The fourth-order valence-electron chi connectivity index (χ4n) is 1.23. The highest BCUT2D eigenvalue weighted by molar-refractivity contribution is 5.79. The molecule has 0 spiro atoms. The van der Waals surface area contributed by atoms with E-state index in [9.17, 15) is 19.8 Å². The Hall–Kier alpha value is -1.66. The van der Waals surface area contributed by atoms with Crippen LogP contribution in [0.2, 0.25) is 0 Å². The Kier molecular flexibility index (Phi) is 3.23. The van der Waals surface area contributed by atoms with Crippen molar-refractivity contribution in [1.82, 2.24) is 4.98 Å². The highest BCUT2D eigenvalue weighted by atomic mass is 16.3. The molecule has 0 saturated carbocycles. The number of aliphatic hydroxyl groups is 2. The summed E-state index contributed by atoms with van der Waals surface area (Å²) in [5.74, 6) is -1.02. The Morgan fingerprint density at radius 1 is 1.53 bits per heavy atom. The van der Waals surface area contributed by atoms with Crippen LogP contribution < -0.4 is 11.3 Å². The molecule has 6 nitrogen and oxygen atoms in total. The van der Waals surface area contributed by atoms with E-state index in [1.54, 1.807) is 6.92 Å². The van der Waals surface area contributed by atoms with Crippen LogP contribution >= 0.6 is 0 Å². The molecule has 1 aromatic rings. The SMILES string of the molecule is Cc1cc(=O)[nH]cc1C(O)C(O)C(N)=O. The van der Waals surface area contributed by atoms with Gasteiger partial charge in [0.25, 0.3) is 0 Å². The number of carbonyl (C=O) groups excluding carboxylic acids is 1. The van der Waals surface area contributed by atoms with Gasteiger partial charge in [-0.15, -0.1) is 0 Å². The summed E-state index contributed by atoms with van der Waals surface area (Å²) in [6.45, 7) is 1.58. The zero-order valence-corrected chi connectivity index (χ0v) is 8.10. The number of aryl methyl sites for hydroxylation is 1. The predicted molar refractivity (Wildman–Crippen MR) is 52.0 cm³/mol. The molecule has 0 radical (unpaired) electrons. The van der Waals surface area contributed by atoms with Gasteiger partial charge in [-0.25, -0.2) is 0 Å². The second-order valence-corrected chi connectivity index (χ2v) is 3.23. The van der Waals surface area contributed by atoms with Crippen molar-refractivity contribution in [3.05, 3.63) is 33.7 Å². The van der Waals surface area contributed by atoms with Gasteiger partial charge in [-0.2, -0.15) is 0 Å². The highest BCUT2D eigenvalue weighted by Gasteiger charge is 2.24. The standard InChI is InChI=1S/C9H12N2O4/c1-4-2-6(12)11-3-5(4)7(13)8(14)9(10)15/h2-3,7-8,13-14H,1H3,(H2,10,15)(H,11,12). The lowest BCUT2D eigenvalue weighted by Crippen LogP contribution is -2.34. The maximum absolute atomic E-state index is 10.9. The number of hydrogen-bond donors (Lipinski definition) is 4. The number of aromatic nitrogens is 1. The molecule has 0 aliphatic carbocycles. The van der Waals surface area contributed by atoms with Gasteiger partial charge in [0.05, 0.1) is 0 Å². The quantitative estimate of drug-likeness (QED) is 0.491. The molecule has 0 aromatic carbocycles. The van der Waals surface area contributed by atoms with Crippen molar-refractivity contribution in [2.75, 3.05) is 0 Å². The summed E-state index contributed by atoms with van der Waals surface area (Å²) in [6, 6.07) is 1.26. The molecule has 0 bridgehead atoms. The Morgan fingerprint density at radius 2 is 2.13 bits per heavy atom. The van der Waals surface area contributed by atoms with E-state index in [0.717, 1.165) is 0 Å². The van der Waals surface area contributed by atoms with Crippen LogP contribution in [0.4, 0.5) is 0 Å². The summed E-state index contributed by atoms with van der Waals surface area (Å²) in [7, 11) is 0. The zero-order valence-electron chi connectivity index (χ0n) is 8.10. The number of nitrogens with one attached hydrogen (secondary N) is 1. The van der Waals surface area contributed by atoms with E-state index in [0.29, 0.717) is 5.56 Å². The van der Waals surface area contributed by atoms with Gasteiger partial charge in [0.1, 0.15) is 6.10 Å². The fourth-order valence-corrected chi connectivity index (χ4v) is 1.23. The molecule has 2 atom stereocenters. The molecular formula is C9H12N2O4. The van der Waals surface area contributed by atoms with Crippen LogP contribution in [-0.4, -0.2) is 27.2 Å². The predicted octanol–water partition coefficient (Wildman–Crippen LogP) is -1.44. The highest BCUT2D eigenvalue weighted by Crippen LogP contribution is 2.18. The minimum Gasteiger partial charge on any atom is -0.385 e. The molecule has 0 aliphatic heterocycles. The molecule has 15 heavy (non-hydrogen) atoms. The monoisotopic (exact) mass is 212 g/mol. The summed E-state index contributed by atoms with van der Waals surface area (Å²) in [4.78, 5) is 23.8. The third kappa shape index (κ3) is 2.42. The Labute approximate surface area is 85.4 Å². The van der Waals surface area contributed by atoms with E-state index in [4.69, 9.17) is 5.73 Å². The van der Waals surface area contributed by atoms with Crippen LogP contribution in [0.15, 0.2) is 17.1 Å². The largest absolute Gasteiger partial charge is 0.385 e. The van der Waals surface area contributed by atoms with Crippen LogP contribution in [-0.2, 0) is 4.79 Å². The Balaban J connectivity index is 3.06. The second kappa shape index (κ2) is 4.24. The molecule has 5 N–H and O–H groups in total. The van der Waals surface area contributed by atoms with Crippen molar-refractivity contribution in [3.63, 3.8) is 0 Å². The fraction of sp³-hybridized carbons (Fsp3) is 0.333. The zero-order chi connectivity index (χ0) is 11.6. The van der Waals surface area contributed by atoms with E-state index < -0.39 is 18.1 Å². The Morgan fingerprint density at radius 3 is 2.60 bits per heavy atom. The minimum atomic E-state index is -1.69. The summed E-state index contributed by atoms with van der Waals surface area (Å²) in [5, 5.41) is 18.8. The van der Waals surface area contributed by atoms with Crippen LogP contribution in [0.25, 0.3) is 0 Å². The van der Waals surface area contributed by atoms with E-state index in [1.165, 1.54) is 12.3 Å². The normalized spacial score (nSPS) is 14.6. The van der Waals surface area contributed by atoms with Gasteiger partial charge < -0.3 is 20.9 Å². The molecule has 1 rings (SSSR count). The van der Waals surface area contributed by atoms with Crippen LogP contribution in [0.1, 0.15) is 17.2 Å². The van der Waals surface area contributed by atoms with Crippen molar-refractivity contribution < 1.29 is 15.0 Å². The van der Waals surface area contributed by atoms with Crippen molar-refractivity contribution in [3.8, 4) is 0 Å². The molecule has 6 heteroatoms. The number of H-pyrrole nitrogens is 1. The molecule has 2 unspecified atom stereocenters. The first-order valence-electron chi connectivity index (χ1n) is 4.28. The smallest absolute Gasteiger partial charge is 0.249 e. The number of nitrogens with two attached hydrogens (primary N) is 1. The first-order valence-corrected chi connectivity index (χ1v) is 4.28. The van der Waals surface area contributed by atoms with Gasteiger partial charge in [0.2, 0.25) is 11.5 Å². The summed E-state index contributed by atoms with van der Waals surface area (Å²) >= 11 is 0. The number of primary amides is 1. The Bertz CT molecular complexity index is 426.